The van der Waals surface area contributed by atoms with E-state index in [1.807, 2.05) is 12.1 Å². The monoisotopic (exact) mass is 442 g/mol. The van der Waals surface area contributed by atoms with Crippen LogP contribution in [0.1, 0.15) is 37.4 Å². The van der Waals surface area contributed by atoms with Crippen molar-refractivity contribution in [2.24, 2.45) is 0 Å². The van der Waals surface area contributed by atoms with Crippen LogP contribution in [-0.2, 0) is 32.6 Å². The molecule has 2 aromatic rings. The van der Waals surface area contributed by atoms with Crippen LogP contribution >= 0.6 is 0 Å². The molecule has 2 amide bonds. The lowest BCUT2D eigenvalue weighted by molar-refractivity contribution is -0.125. The Morgan fingerprint density at radius 1 is 1.13 bits per heavy atom. The van der Waals surface area contributed by atoms with Gasteiger partial charge in [0.15, 0.2) is 0 Å². The van der Waals surface area contributed by atoms with Gasteiger partial charge in [0.1, 0.15) is 6.04 Å². The van der Waals surface area contributed by atoms with Gasteiger partial charge >= 0.3 is 0 Å². The molecule has 31 heavy (non-hydrogen) atoms. The van der Waals surface area contributed by atoms with Crippen LogP contribution < -0.4 is 10.2 Å². The van der Waals surface area contributed by atoms with Crippen LogP contribution in [0.3, 0.4) is 0 Å². The zero-order valence-corrected chi connectivity index (χ0v) is 18.3. The van der Waals surface area contributed by atoms with Crippen molar-refractivity contribution in [1.82, 2.24) is 14.6 Å². The van der Waals surface area contributed by atoms with Gasteiger partial charge in [-0.15, -0.1) is 0 Å². The summed E-state index contributed by atoms with van der Waals surface area (Å²) in [6.07, 6.45) is 4.69. The van der Waals surface area contributed by atoms with E-state index < -0.39 is 16.1 Å². The highest BCUT2D eigenvalue weighted by Gasteiger charge is 2.38. The quantitative estimate of drug-likeness (QED) is 0.762. The van der Waals surface area contributed by atoms with E-state index >= 15 is 0 Å². The van der Waals surface area contributed by atoms with E-state index in [0.29, 0.717) is 24.3 Å². The Balaban J connectivity index is 1.55. The van der Waals surface area contributed by atoms with E-state index in [-0.39, 0.29) is 29.7 Å². The Hall–Kier alpha value is -2.78. The number of pyridine rings is 1. The molecule has 1 fully saturated rings. The summed E-state index contributed by atoms with van der Waals surface area (Å²) in [5.74, 6) is -0.555. The molecule has 3 heterocycles. The molecule has 0 aliphatic carbocycles. The molecular formula is C22H26N4O4S. The number of aromatic nitrogens is 1. The summed E-state index contributed by atoms with van der Waals surface area (Å²) in [6.45, 7) is 2.72. The summed E-state index contributed by atoms with van der Waals surface area (Å²) >= 11 is 0. The third-order valence-corrected chi connectivity index (χ3v) is 7.69. The van der Waals surface area contributed by atoms with Gasteiger partial charge in [0, 0.05) is 38.3 Å². The Labute approximate surface area is 182 Å². The summed E-state index contributed by atoms with van der Waals surface area (Å²) in [5.41, 5.74) is 1.99. The number of amides is 2. The van der Waals surface area contributed by atoms with Gasteiger partial charge in [0.25, 0.3) is 0 Å². The maximum Gasteiger partial charge on any atom is 0.243 e. The molecular weight excluding hydrogens is 416 g/mol. The average Bonchev–Trinajstić information content (AvgIpc) is 3.18. The van der Waals surface area contributed by atoms with Crippen molar-refractivity contribution < 1.29 is 18.0 Å². The first kappa shape index (κ1) is 21.5. The number of rotatable bonds is 5. The number of hydrogen-bond acceptors (Lipinski definition) is 5. The molecule has 2 aliphatic heterocycles. The normalized spacial score (nSPS) is 19.1. The lowest BCUT2D eigenvalue weighted by Crippen LogP contribution is -2.47. The fraction of sp³-hybridized carbons (Fsp3) is 0.409. The number of hydrogen-bond donors (Lipinski definition) is 1. The highest BCUT2D eigenvalue weighted by Crippen LogP contribution is 2.35. The molecule has 0 spiro atoms. The third kappa shape index (κ3) is 4.33. The molecule has 4 rings (SSSR count). The largest absolute Gasteiger partial charge is 0.349 e. The number of sulfonamides is 1. The van der Waals surface area contributed by atoms with Crippen molar-refractivity contribution in [3.8, 4) is 0 Å². The minimum Gasteiger partial charge on any atom is -0.349 e. The van der Waals surface area contributed by atoms with Gasteiger partial charge in [0.05, 0.1) is 17.1 Å². The lowest BCUT2D eigenvalue weighted by atomic mass is 10.1. The minimum absolute atomic E-state index is 0.214. The molecule has 1 atom stereocenters. The fourth-order valence-corrected chi connectivity index (χ4v) is 5.81. The zero-order valence-electron chi connectivity index (χ0n) is 17.5. The SMILES string of the molecule is CC(=O)N1c2ccc(S(=O)(=O)N3CCCCC3)cc2CC1C(=O)NCc1ccccn1. The second-order valence-electron chi connectivity index (χ2n) is 7.90. The predicted molar refractivity (Wildman–Crippen MR) is 116 cm³/mol. The van der Waals surface area contributed by atoms with E-state index in [9.17, 15) is 18.0 Å². The number of benzene rings is 1. The van der Waals surface area contributed by atoms with Crippen LogP contribution in [0.4, 0.5) is 5.69 Å². The number of nitrogens with one attached hydrogen (secondary N) is 1. The van der Waals surface area contributed by atoms with Crippen LogP contribution in [0.15, 0.2) is 47.5 Å². The number of nitrogens with zero attached hydrogens (tertiary/aromatic N) is 3. The molecule has 8 nitrogen and oxygen atoms in total. The summed E-state index contributed by atoms with van der Waals surface area (Å²) < 4.78 is 27.6. The summed E-state index contributed by atoms with van der Waals surface area (Å²) in [6, 6.07) is 9.51. The number of piperidine rings is 1. The average molecular weight is 443 g/mol. The first-order chi connectivity index (χ1) is 14.9. The second-order valence-corrected chi connectivity index (χ2v) is 9.84. The molecule has 1 unspecified atom stereocenters. The minimum atomic E-state index is -3.58. The van der Waals surface area contributed by atoms with Gasteiger partial charge in [0.2, 0.25) is 21.8 Å². The standard InChI is InChI=1S/C22H26N4O4S/c1-16(27)26-20-9-8-19(31(29,30)25-11-5-2-6-12-25)13-17(20)14-21(26)22(28)24-15-18-7-3-4-10-23-18/h3-4,7-10,13,21H,2,5-6,11-12,14-15H2,1H3,(H,24,28). The number of anilines is 1. The molecule has 1 N–H and O–H groups in total. The number of carbonyl (C=O) groups excluding carboxylic acids is 2. The van der Waals surface area contributed by atoms with E-state index in [0.717, 1.165) is 25.0 Å². The highest BCUT2D eigenvalue weighted by molar-refractivity contribution is 7.89. The van der Waals surface area contributed by atoms with Gasteiger partial charge < -0.3 is 5.32 Å². The molecule has 1 saturated heterocycles. The van der Waals surface area contributed by atoms with Gasteiger partial charge in [-0.2, -0.15) is 4.31 Å². The van der Waals surface area contributed by atoms with Crippen molar-refractivity contribution in [2.75, 3.05) is 18.0 Å². The summed E-state index contributed by atoms with van der Waals surface area (Å²) in [4.78, 5) is 31.1. The van der Waals surface area contributed by atoms with Crippen molar-refractivity contribution >= 4 is 27.5 Å². The van der Waals surface area contributed by atoms with Crippen LogP contribution in [-0.4, -0.2) is 48.7 Å². The Morgan fingerprint density at radius 2 is 1.90 bits per heavy atom. The van der Waals surface area contributed by atoms with Crippen molar-refractivity contribution in [3.05, 3.63) is 53.9 Å². The predicted octanol–water partition coefficient (Wildman–Crippen LogP) is 1.85. The van der Waals surface area contributed by atoms with Gasteiger partial charge in [-0.3, -0.25) is 19.5 Å². The van der Waals surface area contributed by atoms with Crippen LogP contribution in [0.25, 0.3) is 0 Å². The van der Waals surface area contributed by atoms with Gasteiger partial charge in [-0.05, 0) is 48.7 Å². The second kappa shape index (κ2) is 8.76. The van der Waals surface area contributed by atoms with Crippen LogP contribution in [0.2, 0.25) is 0 Å². The molecule has 0 bridgehead atoms. The highest BCUT2D eigenvalue weighted by atomic mass is 32.2. The molecule has 164 valence electrons. The maximum atomic E-state index is 13.0. The maximum absolute atomic E-state index is 13.0. The third-order valence-electron chi connectivity index (χ3n) is 5.80. The molecule has 9 heteroatoms. The van der Waals surface area contributed by atoms with Gasteiger partial charge in [-0.1, -0.05) is 12.5 Å². The van der Waals surface area contributed by atoms with Crippen LogP contribution in [0.5, 0.6) is 0 Å². The summed E-state index contributed by atoms with van der Waals surface area (Å²) in [7, 11) is -3.58. The smallest absolute Gasteiger partial charge is 0.243 e. The lowest BCUT2D eigenvalue weighted by Gasteiger charge is -2.26. The Bertz CT molecular complexity index is 1080. The van der Waals surface area contributed by atoms with Crippen LogP contribution in [0, 0.1) is 0 Å². The van der Waals surface area contributed by atoms with Gasteiger partial charge in [-0.25, -0.2) is 8.42 Å². The number of carbonyl (C=O) groups is 2. The topological polar surface area (TPSA) is 99.7 Å². The molecule has 2 aliphatic rings. The number of fused-ring (bicyclic) bond motifs is 1. The Kier molecular flexibility index (Phi) is 6.06. The summed E-state index contributed by atoms with van der Waals surface area (Å²) in [5, 5.41) is 2.84. The molecule has 0 radical (unpaired) electrons. The molecule has 0 saturated carbocycles. The Morgan fingerprint density at radius 3 is 2.58 bits per heavy atom. The zero-order chi connectivity index (χ0) is 22.0. The van der Waals surface area contributed by atoms with E-state index in [4.69, 9.17) is 0 Å². The first-order valence-corrected chi connectivity index (χ1v) is 11.9. The van der Waals surface area contributed by atoms with E-state index in [1.165, 1.54) is 22.2 Å². The fourth-order valence-electron chi connectivity index (χ4n) is 4.24. The van der Waals surface area contributed by atoms with Crippen molar-refractivity contribution in [1.29, 1.82) is 0 Å². The van der Waals surface area contributed by atoms with E-state index in [1.54, 1.807) is 24.4 Å². The van der Waals surface area contributed by atoms with E-state index in [2.05, 4.69) is 10.3 Å². The first-order valence-electron chi connectivity index (χ1n) is 10.5. The van der Waals surface area contributed by atoms with Crippen molar-refractivity contribution in [3.63, 3.8) is 0 Å². The molecule has 1 aromatic carbocycles. The molecule has 1 aromatic heterocycles. The van der Waals surface area contributed by atoms with Crippen molar-refractivity contribution in [2.45, 2.75) is 50.1 Å².